The maximum Gasteiger partial charge on any atom is 0.324 e. The Labute approximate surface area is 132 Å². The number of primary amides is 1. The Balaban J connectivity index is 4.23. The lowest BCUT2D eigenvalue weighted by Gasteiger charge is -2.50. The number of carboxylic acids is 5. The third kappa shape index (κ3) is 1.73. The molecule has 24 heavy (non-hydrogen) atoms. The predicted octanol–water partition coefficient (Wildman–Crippen LogP) is -1.96. The van der Waals surface area contributed by atoms with Gasteiger partial charge in [-0.1, -0.05) is 0 Å². The average Bonchev–Trinajstić information content (AvgIpc) is 2.43. The molecule has 0 aromatic rings. The van der Waals surface area contributed by atoms with Crippen molar-refractivity contribution in [1.29, 1.82) is 0 Å². The highest BCUT2D eigenvalue weighted by atomic mass is 16.4. The number of aliphatic carboxylic acids is 5. The first kappa shape index (κ1) is 18.9. The number of hydrogen-bond acceptors (Lipinski definition) is 6. The molecule has 0 bridgehead atoms. The molecule has 0 aromatic heterocycles. The molecule has 0 saturated heterocycles. The largest absolute Gasteiger partial charge is 0.480 e. The minimum atomic E-state index is -4.05. The van der Waals surface area contributed by atoms with E-state index in [9.17, 15) is 54.3 Å². The lowest BCUT2D eigenvalue weighted by Crippen LogP contribution is -2.74. The monoisotopic (exact) mass is 347 g/mol. The molecule has 1 saturated carbocycles. The summed E-state index contributed by atoms with van der Waals surface area (Å²) < 4.78 is 0. The molecule has 0 spiro atoms. The summed E-state index contributed by atoms with van der Waals surface area (Å²) in [6.45, 7) is 0. The third-order valence-electron chi connectivity index (χ3n) is 4.54. The second kappa shape index (κ2) is 5.47. The molecule has 1 rings (SSSR count). The summed E-state index contributed by atoms with van der Waals surface area (Å²) >= 11 is 0. The number of carbonyl (C=O) groups is 6. The Morgan fingerprint density at radius 2 is 0.958 bits per heavy atom. The summed E-state index contributed by atoms with van der Waals surface area (Å²) in [6.07, 6.45) is -2.52. The Morgan fingerprint density at radius 1 is 0.625 bits per heavy atom. The van der Waals surface area contributed by atoms with Crippen molar-refractivity contribution >= 4 is 35.8 Å². The van der Waals surface area contributed by atoms with Gasteiger partial charge < -0.3 is 31.3 Å². The van der Waals surface area contributed by atoms with Crippen molar-refractivity contribution in [2.24, 2.45) is 22.0 Å². The van der Waals surface area contributed by atoms with E-state index >= 15 is 0 Å². The van der Waals surface area contributed by atoms with E-state index in [4.69, 9.17) is 5.73 Å². The molecule has 0 aliphatic heterocycles. The first-order valence-corrected chi connectivity index (χ1v) is 6.34. The molecular formula is C12H13NO11. The summed E-state index contributed by atoms with van der Waals surface area (Å²) in [4.78, 5) is 70.3. The first-order chi connectivity index (χ1) is 10.9. The standard InChI is InChI=1S/C12H13NO11/c13-4(14)10(5(15)16)2-1-3-11(6(17)18,7(19)20)12(10,8(21)22)9(23)24/h1-3H2,(H2,13,14)(H,15,16)(H,17,18)(H,19,20)(H,21,22)(H,23,24). The van der Waals surface area contributed by atoms with E-state index in [0.717, 1.165) is 0 Å². The third-order valence-corrected chi connectivity index (χ3v) is 4.54. The van der Waals surface area contributed by atoms with Gasteiger partial charge >= 0.3 is 29.8 Å². The molecular weight excluding hydrogens is 334 g/mol. The number of carbonyl (C=O) groups excluding carboxylic acids is 1. The zero-order chi connectivity index (χ0) is 19.1. The summed E-state index contributed by atoms with van der Waals surface area (Å²) in [7, 11) is 0. The van der Waals surface area contributed by atoms with Crippen LogP contribution in [0.15, 0.2) is 0 Å². The van der Waals surface area contributed by atoms with E-state index in [0.29, 0.717) is 0 Å². The van der Waals surface area contributed by atoms with E-state index in [-0.39, 0.29) is 0 Å². The number of rotatable bonds is 6. The molecule has 0 heterocycles. The van der Waals surface area contributed by atoms with Gasteiger partial charge in [0.05, 0.1) is 0 Å². The van der Waals surface area contributed by atoms with Gasteiger partial charge in [-0.3, -0.25) is 28.8 Å². The average molecular weight is 347 g/mol. The molecule has 132 valence electrons. The second-order valence-electron chi connectivity index (χ2n) is 5.30. The smallest absolute Gasteiger partial charge is 0.324 e. The van der Waals surface area contributed by atoms with Gasteiger partial charge in [-0.25, -0.2) is 0 Å². The van der Waals surface area contributed by atoms with Crippen molar-refractivity contribution in [2.75, 3.05) is 0 Å². The van der Waals surface area contributed by atoms with Crippen LogP contribution in [-0.2, 0) is 28.8 Å². The fourth-order valence-corrected chi connectivity index (χ4v) is 3.49. The highest BCUT2D eigenvalue weighted by Gasteiger charge is 2.84. The Hall–Kier alpha value is -3.18. The van der Waals surface area contributed by atoms with Gasteiger partial charge in [0.15, 0.2) is 10.8 Å². The van der Waals surface area contributed by atoms with Gasteiger partial charge in [-0.05, 0) is 19.3 Å². The van der Waals surface area contributed by atoms with Gasteiger partial charge in [-0.15, -0.1) is 0 Å². The number of nitrogens with two attached hydrogens (primary N) is 1. The summed E-state index contributed by atoms with van der Waals surface area (Å²) in [6, 6.07) is 0. The normalized spacial score (nSPS) is 24.5. The van der Waals surface area contributed by atoms with Crippen molar-refractivity contribution in [3.05, 3.63) is 0 Å². The minimum Gasteiger partial charge on any atom is -0.480 e. The molecule has 12 heteroatoms. The lowest BCUT2D eigenvalue weighted by atomic mass is 9.44. The quantitative estimate of drug-likeness (QED) is 0.289. The van der Waals surface area contributed by atoms with Crippen LogP contribution < -0.4 is 5.73 Å². The van der Waals surface area contributed by atoms with Crippen LogP contribution in [0.5, 0.6) is 0 Å². The van der Waals surface area contributed by atoms with Gasteiger partial charge in [0.1, 0.15) is 0 Å². The second-order valence-corrected chi connectivity index (χ2v) is 5.30. The molecule has 1 aliphatic carbocycles. The van der Waals surface area contributed by atoms with Crippen molar-refractivity contribution in [3.63, 3.8) is 0 Å². The van der Waals surface area contributed by atoms with Crippen LogP contribution in [0.2, 0.25) is 0 Å². The highest BCUT2D eigenvalue weighted by Crippen LogP contribution is 2.61. The van der Waals surface area contributed by atoms with Gasteiger partial charge in [0.2, 0.25) is 11.3 Å². The van der Waals surface area contributed by atoms with Crippen molar-refractivity contribution < 1.29 is 54.3 Å². The molecule has 1 aliphatic rings. The van der Waals surface area contributed by atoms with Gasteiger partial charge in [-0.2, -0.15) is 0 Å². The SMILES string of the molecule is NC(=O)C1(C(=O)O)CCCC(C(=O)O)(C(=O)O)C1(C(=O)O)C(=O)O. The number of amides is 1. The van der Waals surface area contributed by atoms with Crippen LogP contribution in [0.1, 0.15) is 19.3 Å². The summed E-state index contributed by atoms with van der Waals surface area (Å²) in [5.41, 5.74) is -6.19. The Kier molecular flexibility index (Phi) is 4.30. The zero-order valence-electron chi connectivity index (χ0n) is 11.9. The van der Waals surface area contributed by atoms with Crippen molar-refractivity contribution in [3.8, 4) is 0 Å². The van der Waals surface area contributed by atoms with Crippen LogP contribution in [0, 0.1) is 16.2 Å². The van der Waals surface area contributed by atoms with Crippen LogP contribution in [0.25, 0.3) is 0 Å². The van der Waals surface area contributed by atoms with E-state index in [1.807, 2.05) is 0 Å². The fraction of sp³-hybridized carbons (Fsp3) is 0.500. The van der Waals surface area contributed by atoms with Gasteiger partial charge in [0, 0.05) is 0 Å². The Bertz CT molecular complexity index is 580. The fourth-order valence-electron chi connectivity index (χ4n) is 3.49. The van der Waals surface area contributed by atoms with Crippen LogP contribution in [0.3, 0.4) is 0 Å². The maximum atomic E-state index is 11.8. The molecule has 1 fully saturated rings. The lowest BCUT2D eigenvalue weighted by molar-refractivity contribution is -0.221. The van der Waals surface area contributed by atoms with E-state index in [1.54, 1.807) is 0 Å². The number of carboxylic acid groups (broad SMARTS) is 5. The molecule has 7 N–H and O–H groups in total. The molecule has 1 atom stereocenters. The zero-order valence-corrected chi connectivity index (χ0v) is 11.9. The summed E-state index contributed by atoms with van der Waals surface area (Å²) in [5.74, 6) is -14.3. The first-order valence-electron chi connectivity index (χ1n) is 6.34. The molecule has 1 amide bonds. The summed E-state index contributed by atoms with van der Waals surface area (Å²) in [5, 5.41) is 46.9. The molecule has 1 unspecified atom stereocenters. The molecule has 0 aromatic carbocycles. The van der Waals surface area contributed by atoms with E-state index < -0.39 is 71.3 Å². The molecule has 12 nitrogen and oxygen atoms in total. The minimum absolute atomic E-state index is 0.559. The maximum absolute atomic E-state index is 11.8. The van der Waals surface area contributed by atoms with E-state index in [1.165, 1.54) is 0 Å². The van der Waals surface area contributed by atoms with Crippen LogP contribution in [0.4, 0.5) is 0 Å². The van der Waals surface area contributed by atoms with E-state index in [2.05, 4.69) is 0 Å². The molecule has 0 radical (unpaired) electrons. The highest BCUT2D eigenvalue weighted by molar-refractivity contribution is 6.21. The van der Waals surface area contributed by atoms with Crippen molar-refractivity contribution in [2.45, 2.75) is 19.3 Å². The number of hydrogen-bond donors (Lipinski definition) is 6. The topological polar surface area (TPSA) is 230 Å². The van der Waals surface area contributed by atoms with Crippen molar-refractivity contribution in [1.82, 2.24) is 0 Å². The predicted molar refractivity (Wildman–Crippen MR) is 68.5 cm³/mol. The van der Waals surface area contributed by atoms with Crippen LogP contribution >= 0.6 is 0 Å². The van der Waals surface area contributed by atoms with Crippen LogP contribution in [-0.4, -0.2) is 61.3 Å². The Morgan fingerprint density at radius 3 is 1.21 bits per heavy atom. The van der Waals surface area contributed by atoms with Gasteiger partial charge in [0.25, 0.3) is 0 Å².